The van der Waals surface area contributed by atoms with Crippen molar-refractivity contribution in [2.75, 3.05) is 6.54 Å². The van der Waals surface area contributed by atoms with Crippen molar-refractivity contribution < 1.29 is 32.4 Å². The third-order valence-electron chi connectivity index (χ3n) is 4.29. The van der Waals surface area contributed by atoms with Gasteiger partial charge in [0.15, 0.2) is 0 Å². The molecule has 3 aromatic rings. The summed E-state index contributed by atoms with van der Waals surface area (Å²) in [5, 5.41) is 10.8. The topological polar surface area (TPSA) is 142 Å². The fraction of sp³-hybridized carbons (Fsp3) is 0.0909. The number of esters is 2. The summed E-state index contributed by atoms with van der Waals surface area (Å²) in [6.07, 6.45) is 0. The summed E-state index contributed by atoms with van der Waals surface area (Å²) in [7, 11) is -4.14. The average molecular weight is 470 g/mol. The quantitative estimate of drug-likeness (QED) is 0.218. The summed E-state index contributed by atoms with van der Waals surface area (Å²) in [6.45, 7) is -0.808. The summed E-state index contributed by atoms with van der Waals surface area (Å²) < 4.78 is 36.8. The zero-order valence-corrected chi connectivity index (χ0v) is 17.9. The Balaban J connectivity index is 1.50. The van der Waals surface area contributed by atoms with Crippen LogP contribution in [0.1, 0.15) is 15.9 Å². The van der Waals surface area contributed by atoms with Crippen molar-refractivity contribution in [2.45, 2.75) is 11.5 Å². The van der Waals surface area contributed by atoms with Crippen LogP contribution in [-0.2, 0) is 26.2 Å². The highest BCUT2D eigenvalue weighted by Gasteiger charge is 2.19. The third-order valence-corrected chi connectivity index (χ3v) is 5.69. The van der Waals surface area contributed by atoms with E-state index < -0.39 is 39.1 Å². The smallest absolute Gasteiger partial charge is 0.343 e. The van der Waals surface area contributed by atoms with E-state index in [1.807, 2.05) is 4.72 Å². The minimum atomic E-state index is -4.14. The molecule has 10 nitrogen and oxygen atoms in total. The predicted octanol–water partition coefficient (Wildman–Crippen LogP) is 2.84. The highest BCUT2D eigenvalue weighted by Crippen LogP contribution is 2.17. The maximum absolute atomic E-state index is 12.2. The molecule has 11 heteroatoms. The van der Waals surface area contributed by atoms with Gasteiger partial charge in [-0.2, -0.15) is 4.72 Å². The van der Waals surface area contributed by atoms with Gasteiger partial charge in [-0.1, -0.05) is 36.4 Å². The van der Waals surface area contributed by atoms with Crippen LogP contribution < -0.4 is 9.46 Å². The van der Waals surface area contributed by atoms with E-state index in [1.54, 1.807) is 42.5 Å². The molecule has 0 amide bonds. The second kappa shape index (κ2) is 10.5. The van der Waals surface area contributed by atoms with E-state index in [4.69, 9.17) is 9.47 Å². The number of hydrogen-bond donors (Lipinski definition) is 1. The molecule has 0 atom stereocenters. The van der Waals surface area contributed by atoms with Gasteiger partial charge in [0.2, 0.25) is 10.0 Å². The Bertz CT molecular complexity index is 1260. The Labute approximate surface area is 189 Å². The maximum Gasteiger partial charge on any atom is 0.343 e. The van der Waals surface area contributed by atoms with Gasteiger partial charge in [0.05, 0.1) is 15.4 Å². The van der Waals surface area contributed by atoms with Crippen LogP contribution in [-0.4, -0.2) is 31.8 Å². The number of nitrogens with one attached hydrogen (secondary N) is 1. The number of sulfonamides is 1. The first-order valence-electron chi connectivity index (χ1n) is 9.50. The van der Waals surface area contributed by atoms with Crippen molar-refractivity contribution in [1.82, 2.24) is 4.72 Å². The number of nitro groups is 1. The monoisotopic (exact) mass is 470 g/mol. The molecule has 0 aliphatic carbocycles. The fourth-order valence-electron chi connectivity index (χ4n) is 2.61. The molecule has 0 radical (unpaired) electrons. The van der Waals surface area contributed by atoms with Crippen LogP contribution in [0.3, 0.4) is 0 Å². The molecule has 170 valence electrons. The van der Waals surface area contributed by atoms with Gasteiger partial charge in [0, 0.05) is 12.1 Å². The van der Waals surface area contributed by atoms with E-state index in [1.165, 1.54) is 24.3 Å². The molecule has 0 aliphatic heterocycles. The Morgan fingerprint density at radius 2 is 1.64 bits per heavy atom. The molecule has 1 N–H and O–H groups in total. The molecule has 0 fully saturated rings. The van der Waals surface area contributed by atoms with Crippen LogP contribution in [0.5, 0.6) is 5.75 Å². The van der Waals surface area contributed by atoms with Gasteiger partial charge >= 0.3 is 11.9 Å². The van der Waals surface area contributed by atoms with Gasteiger partial charge in [-0.3, -0.25) is 14.9 Å². The van der Waals surface area contributed by atoms with Crippen molar-refractivity contribution in [3.63, 3.8) is 0 Å². The summed E-state index contributed by atoms with van der Waals surface area (Å²) in [5.74, 6) is -0.982. The number of carbonyl (C=O) groups is 2. The van der Waals surface area contributed by atoms with Crippen molar-refractivity contribution >= 4 is 27.6 Å². The Morgan fingerprint density at radius 3 is 2.30 bits per heavy atom. The van der Waals surface area contributed by atoms with E-state index >= 15 is 0 Å². The summed E-state index contributed by atoms with van der Waals surface area (Å²) in [5.41, 5.74) is 0.483. The van der Waals surface area contributed by atoms with E-state index in [9.17, 15) is 28.1 Å². The number of hydrogen-bond acceptors (Lipinski definition) is 8. The molecule has 0 aromatic heterocycles. The van der Waals surface area contributed by atoms with Crippen molar-refractivity contribution in [3.8, 4) is 5.75 Å². The number of benzene rings is 3. The first-order valence-corrected chi connectivity index (χ1v) is 11.0. The van der Waals surface area contributed by atoms with Crippen LogP contribution in [0.15, 0.2) is 83.8 Å². The van der Waals surface area contributed by atoms with Crippen LogP contribution >= 0.6 is 0 Å². The molecule has 3 rings (SSSR count). The lowest BCUT2D eigenvalue weighted by molar-refractivity contribution is -0.385. The number of carbonyl (C=O) groups excluding carboxylic acids is 2. The molecule has 0 heterocycles. The lowest BCUT2D eigenvalue weighted by Crippen LogP contribution is -2.30. The van der Waals surface area contributed by atoms with Gasteiger partial charge in [-0.05, 0) is 35.9 Å². The number of nitrogens with zero attached hydrogens (tertiary/aromatic N) is 1. The highest BCUT2D eigenvalue weighted by molar-refractivity contribution is 7.89. The molecule has 33 heavy (non-hydrogen) atoms. The molecule has 0 unspecified atom stereocenters. The second-order valence-corrected chi connectivity index (χ2v) is 8.41. The van der Waals surface area contributed by atoms with Gasteiger partial charge in [0.25, 0.3) is 5.69 Å². The number of nitro benzene ring substituents is 1. The Hall–Kier alpha value is -4.09. The lowest BCUT2D eigenvalue weighted by atomic mass is 10.1. The SMILES string of the molecule is O=C(CNS(=O)(=O)c1cccc([N+](=O)[O-])c1)OCc1ccc(C(=O)Oc2ccccc2)cc1. The van der Waals surface area contributed by atoms with Gasteiger partial charge in [0.1, 0.15) is 18.9 Å². The van der Waals surface area contributed by atoms with Crippen LogP contribution in [0.4, 0.5) is 5.69 Å². The minimum absolute atomic E-state index is 0.147. The zero-order valence-electron chi connectivity index (χ0n) is 17.0. The first-order chi connectivity index (χ1) is 15.7. The molecule has 0 spiro atoms. The number of ether oxygens (including phenoxy) is 2. The van der Waals surface area contributed by atoms with E-state index in [0.717, 1.165) is 12.1 Å². The number of para-hydroxylation sites is 1. The van der Waals surface area contributed by atoms with Crippen molar-refractivity contribution in [2.24, 2.45) is 0 Å². The number of rotatable bonds is 9. The maximum atomic E-state index is 12.2. The van der Waals surface area contributed by atoms with E-state index in [-0.39, 0.29) is 11.5 Å². The van der Waals surface area contributed by atoms with Gasteiger partial charge in [-0.15, -0.1) is 0 Å². The second-order valence-electron chi connectivity index (χ2n) is 6.64. The average Bonchev–Trinajstić information content (AvgIpc) is 2.82. The standard InChI is InChI=1S/C22H18N2O8S/c25-21(14-23-33(29,30)20-8-4-5-18(13-20)24(27)28)31-15-16-9-11-17(12-10-16)22(26)32-19-6-2-1-3-7-19/h1-13,23H,14-15H2. The lowest BCUT2D eigenvalue weighted by Gasteiger charge is -2.08. The fourth-order valence-corrected chi connectivity index (χ4v) is 3.62. The number of non-ortho nitro benzene ring substituents is 1. The third kappa shape index (κ3) is 6.69. The van der Waals surface area contributed by atoms with Crippen molar-refractivity contribution in [3.05, 3.63) is 100 Å². The van der Waals surface area contributed by atoms with Gasteiger partial charge < -0.3 is 9.47 Å². The van der Waals surface area contributed by atoms with Gasteiger partial charge in [-0.25, -0.2) is 13.2 Å². The first kappa shape index (κ1) is 23.6. The molecule has 0 saturated heterocycles. The van der Waals surface area contributed by atoms with Crippen LogP contribution in [0, 0.1) is 10.1 Å². The molecular weight excluding hydrogens is 452 g/mol. The zero-order chi connectivity index (χ0) is 23.8. The summed E-state index contributed by atoms with van der Waals surface area (Å²) in [6, 6.07) is 19.2. The van der Waals surface area contributed by atoms with E-state index in [0.29, 0.717) is 16.9 Å². The predicted molar refractivity (Wildman–Crippen MR) is 116 cm³/mol. The molecule has 3 aromatic carbocycles. The van der Waals surface area contributed by atoms with Crippen LogP contribution in [0.25, 0.3) is 0 Å². The summed E-state index contributed by atoms with van der Waals surface area (Å²) >= 11 is 0. The molecule has 0 bridgehead atoms. The normalized spacial score (nSPS) is 10.9. The molecular formula is C22H18N2O8S. The van der Waals surface area contributed by atoms with E-state index in [2.05, 4.69) is 0 Å². The largest absolute Gasteiger partial charge is 0.460 e. The Morgan fingerprint density at radius 1 is 0.939 bits per heavy atom. The molecule has 0 saturated carbocycles. The molecule has 0 aliphatic rings. The van der Waals surface area contributed by atoms with Crippen molar-refractivity contribution in [1.29, 1.82) is 0 Å². The minimum Gasteiger partial charge on any atom is -0.460 e. The van der Waals surface area contributed by atoms with Crippen LogP contribution in [0.2, 0.25) is 0 Å². The Kier molecular flexibility index (Phi) is 7.49. The highest BCUT2D eigenvalue weighted by atomic mass is 32.2. The summed E-state index contributed by atoms with van der Waals surface area (Å²) in [4.78, 5) is 33.8.